The molecule has 0 aliphatic carbocycles. The summed E-state index contributed by atoms with van der Waals surface area (Å²) in [6.45, 7) is 17.3. The number of allylic oxidation sites excluding steroid dienone is 15. The number of hydrogen-bond donors (Lipinski definition) is 0. The first-order chi connectivity index (χ1) is 14.7. The monoisotopic (exact) mass is 412 g/mol. The van der Waals surface area contributed by atoms with Crippen LogP contribution in [0.4, 0.5) is 0 Å². The van der Waals surface area contributed by atoms with E-state index in [0.29, 0.717) is 0 Å². The summed E-state index contributed by atoms with van der Waals surface area (Å²) in [4.78, 5) is 0. The fourth-order valence-corrected chi connectivity index (χ4v) is 2.79. The van der Waals surface area contributed by atoms with Crippen molar-refractivity contribution in [2.75, 3.05) is 0 Å². The Morgan fingerprint density at radius 3 is 1.74 bits per heavy atom. The molecule has 0 saturated carbocycles. The lowest BCUT2D eigenvalue weighted by molar-refractivity contribution is 1.10. The van der Waals surface area contributed by atoms with Crippen LogP contribution in [0.2, 0.25) is 0 Å². The Bertz CT molecular complexity index is 964. The molecule has 0 heterocycles. The summed E-state index contributed by atoms with van der Waals surface area (Å²) in [6.07, 6.45) is 26.7. The number of benzene rings is 1. The van der Waals surface area contributed by atoms with Gasteiger partial charge in [0.2, 0.25) is 0 Å². The van der Waals surface area contributed by atoms with Crippen molar-refractivity contribution in [1.82, 2.24) is 0 Å². The number of aryl methyl sites for hydroxylation is 1. The van der Waals surface area contributed by atoms with Crippen LogP contribution in [0.1, 0.15) is 63.3 Å². The lowest BCUT2D eigenvalue weighted by atomic mass is 9.98. The van der Waals surface area contributed by atoms with Crippen molar-refractivity contribution in [2.45, 2.75) is 61.8 Å². The first-order valence-corrected chi connectivity index (χ1v) is 11.2. The first-order valence-electron chi connectivity index (χ1n) is 11.2. The molecule has 31 heavy (non-hydrogen) atoms. The molecule has 0 aliphatic heterocycles. The SMILES string of the molecule is CC/C(C)=C/C=C/C(C)=C/C=C/C=C(C)/C=C/C=C(C)/C=C/c1ccc(C)c(C)c1C. The maximum atomic E-state index is 2.20. The molecule has 0 N–H and O–H groups in total. The van der Waals surface area contributed by atoms with Crippen LogP contribution in [0.15, 0.2) is 101 Å². The van der Waals surface area contributed by atoms with E-state index < -0.39 is 0 Å². The highest BCUT2D eigenvalue weighted by Crippen LogP contribution is 2.19. The maximum Gasteiger partial charge on any atom is -0.0224 e. The molecule has 0 bridgehead atoms. The molecule has 0 aliphatic rings. The largest absolute Gasteiger partial charge is 0.0736 e. The summed E-state index contributed by atoms with van der Waals surface area (Å²) in [5.74, 6) is 0. The topological polar surface area (TPSA) is 0 Å². The molecule has 1 rings (SSSR count). The predicted octanol–water partition coefficient (Wildman–Crippen LogP) is 9.49. The molecule has 1 aromatic rings. The van der Waals surface area contributed by atoms with Gasteiger partial charge in [0, 0.05) is 0 Å². The Kier molecular flexibility index (Phi) is 12.0. The Morgan fingerprint density at radius 1 is 0.645 bits per heavy atom. The van der Waals surface area contributed by atoms with Crippen LogP contribution in [-0.4, -0.2) is 0 Å². The first kappa shape index (κ1) is 26.2. The summed E-state index contributed by atoms with van der Waals surface area (Å²) in [6, 6.07) is 4.39. The summed E-state index contributed by atoms with van der Waals surface area (Å²) in [5.41, 5.74) is 10.5. The van der Waals surface area contributed by atoms with Crippen molar-refractivity contribution in [1.29, 1.82) is 0 Å². The minimum absolute atomic E-state index is 1.10. The molecule has 164 valence electrons. The van der Waals surface area contributed by atoms with Crippen molar-refractivity contribution < 1.29 is 0 Å². The van der Waals surface area contributed by atoms with Crippen molar-refractivity contribution in [2.24, 2.45) is 0 Å². The lowest BCUT2D eigenvalue weighted by Crippen LogP contribution is -1.89. The maximum absolute atomic E-state index is 2.20. The van der Waals surface area contributed by atoms with Gasteiger partial charge in [0.1, 0.15) is 0 Å². The van der Waals surface area contributed by atoms with Gasteiger partial charge in [0.15, 0.2) is 0 Å². The summed E-state index contributed by atoms with van der Waals surface area (Å²) < 4.78 is 0. The average molecular weight is 413 g/mol. The van der Waals surface area contributed by atoms with Crippen LogP contribution in [0.3, 0.4) is 0 Å². The Hall–Kier alpha value is -2.86. The van der Waals surface area contributed by atoms with E-state index in [-0.39, 0.29) is 0 Å². The molecule has 0 atom stereocenters. The molecule has 0 aromatic heterocycles. The van der Waals surface area contributed by atoms with Crippen LogP contribution >= 0.6 is 0 Å². The van der Waals surface area contributed by atoms with Crippen molar-refractivity contribution in [3.05, 3.63) is 124 Å². The zero-order valence-corrected chi connectivity index (χ0v) is 20.8. The van der Waals surface area contributed by atoms with Gasteiger partial charge in [-0.2, -0.15) is 0 Å². The zero-order valence-electron chi connectivity index (χ0n) is 20.8. The highest BCUT2D eigenvalue weighted by Gasteiger charge is 2.00. The normalized spacial score (nSPS) is 14.8. The molecular weight excluding hydrogens is 372 g/mol. The van der Waals surface area contributed by atoms with E-state index in [1.807, 2.05) is 0 Å². The smallest absolute Gasteiger partial charge is 0.0224 e. The third-order valence-electron chi connectivity index (χ3n) is 5.47. The molecule has 0 radical (unpaired) electrons. The van der Waals surface area contributed by atoms with E-state index in [1.165, 1.54) is 44.5 Å². The fourth-order valence-electron chi connectivity index (χ4n) is 2.79. The summed E-state index contributed by atoms with van der Waals surface area (Å²) in [7, 11) is 0. The predicted molar refractivity (Wildman–Crippen MR) is 142 cm³/mol. The molecule has 0 spiro atoms. The van der Waals surface area contributed by atoms with Gasteiger partial charge in [-0.25, -0.2) is 0 Å². The van der Waals surface area contributed by atoms with E-state index in [9.17, 15) is 0 Å². The standard InChI is InChI=1S/C31H40/c1-9-24(2)16-12-17-25(3)14-10-11-15-26(4)18-13-19-27(5)20-22-31-23-21-28(6)29(7)30(31)8/h10-23H,9H2,1-8H3/b11-10+,17-12+,18-13+,22-20+,24-16+,25-14+,26-15+,27-19+. The molecule has 0 fully saturated rings. The average Bonchev–Trinajstić information content (AvgIpc) is 2.74. The van der Waals surface area contributed by atoms with Gasteiger partial charge in [-0.3, -0.25) is 0 Å². The van der Waals surface area contributed by atoms with E-state index in [4.69, 9.17) is 0 Å². The van der Waals surface area contributed by atoms with Gasteiger partial charge in [0.05, 0.1) is 0 Å². The van der Waals surface area contributed by atoms with Gasteiger partial charge >= 0.3 is 0 Å². The van der Waals surface area contributed by atoms with Gasteiger partial charge in [-0.15, -0.1) is 0 Å². The molecule has 1 aromatic carbocycles. The highest BCUT2D eigenvalue weighted by atomic mass is 14.1. The molecule has 0 heteroatoms. The Morgan fingerprint density at radius 2 is 1.16 bits per heavy atom. The lowest BCUT2D eigenvalue weighted by Gasteiger charge is -2.07. The second-order valence-corrected chi connectivity index (χ2v) is 8.26. The van der Waals surface area contributed by atoms with Crippen molar-refractivity contribution in [3.63, 3.8) is 0 Å². The van der Waals surface area contributed by atoms with Crippen LogP contribution in [0.25, 0.3) is 6.08 Å². The van der Waals surface area contributed by atoms with Gasteiger partial charge in [-0.05, 0) is 77.1 Å². The minimum Gasteiger partial charge on any atom is -0.0736 e. The summed E-state index contributed by atoms with van der Waals surface area (Å²) >= 11 is 0. The third kappa shape index (κ3) is 10.6. The van der Waals surface area contributed by atoms with E-state index in [0.717, 1.165) is 6.42 Å². The van der Waals surface area contributed by atoms with Crippen molar-refractivity contribution in [3.8, 4) is 0 Å². The third-order valence-corrected chi connectivity index (χ3v) is 5.47. The van der Waals surface area contributed by atoms with Crippen molar-refractivity contribution >= 4 is 6.08 Å². The van der Waals surface area contributed by atoms with Crippen LogP contribution in [-0.2, 0) is 0 Å². The van der Waals surface area contributed by atoms with E-state index >= 15 is 0 Å². The van der Waals surface area contributed by atoms with Gasteiger partial charge in [-0.1, -0.05) is 114 Å². The molecular formula is C31H40. The second kappa shape index (κ2) is 14.2. The summed E-state index contributed by atoms with van der Waals surface area (Å²) in [5, 5.41) is 0. The Balaban J connectivity index is 2.65. The number of hydrogen-bond acceptors (Lipinski definition) is 0. The van der Waals surface area contributed by atoms with Gasteiger partial charge < -0.3 is 0 Å². The molecule has 0 amide bonds. The van der Waals surface area contributed by atoms with Crippen LogP contribution < -0.4 is 0 Å². The minimum atomic E-state index is 1.10. The zero-order chi connectivity index (χ0) is 23.2. The fraction of sp³-hybridized carbons (Fsp3) is 0.290. The molecule has 0 unspecified atom stereocenters. The number of rotatable bonds is 9. The van der Waals surface area contributed by atoms with E-state index in [2.05, 4.69) is 140 Å². The molecule has 0 saturated heterocycles. The van der Waals surface area contributed by atoms with Crippen LogP contribution in [0.5, 0.6) is 0 Å². The van der Waals surface area contributed by atoms with E-state index in [1.54, 1.807) is 0 Å². The second-order valence-electron chi connectivity index (χ2n) is 8.26. The molecule has 0 nitrogen and oxygen atoms in total. The quantitative estimate of drug-likeness (QED) is 0.354. The highest BCUT2D eigenvalue weighted by molar-refractivity contribution is 5.59. The van der Waals surface area contributed by atoms with Crippen LogP contribution in [0, 0.1) is 20.8 Å². The van der Waals surface area contributed by atoms with Gasteiger partial charge in [0.25, 0.3) is 0 Å². The Labute approximate surface area is 191 Å².